The second-order valence-electron chi connectivity index (χ2n) is 4.96. The molecule has 3 heteroatoms. The molecule has 2 aromatic rings. The van der Waals surface area contributed by atoms with Gasteiger partial charge in [0.25, 0.3) is 0 Å². The number of hydrogen-bond donors (Lipinski definition) is 2. The first-order valence-corrected chi connectivity index (χ1v) is 6.76. The summed E-state index contributed by atoms with van der Waals surface area (Å²) in [5, 5.41) is 13.4. The number of phenolic OH excluding ortho intramolecular Hbond substituents is 1. The number of rotatable bonds is 5. The molecule has 2 N–H and O–H groups in total. The molecule has 0 radical (unpaired) electrons. The molecule has 0 saturated carbocycles. The molecule has 0 heterocycles. The third kappa shape index (κ3) is 3.31. The third-order valence-electron chi connectivity index (χ3n) is 3.54. The molecular weight excluding hydrogens is 250 g/mol. The van der Waals surface area contributed by atoms with E-state index in [1.807, 2.05) is 49.4 Å². The Morgan fingerprint density at radius 2 is 1.85 bits per heavy atom. The molecule has 0 bridgehead atoms. The summed E-state index contributed by atoms with van der Waals surface area (Å²) in [5.74, 6) is 1.24. The third-order valence-corrected chi connectivity index (χ3v) is 3.54. The molecule has 0 aliphatic heterocycles. The largest absolute Gasteiger partial charge is 0.507 e. The minimum Gasteiger partial charge on any atom is -0.507 e. The van der Waals surface area contributed by atoms with Crippen molar-refractivity contribution in [2.75, 3.05) is 7.11 Å². The van der Waals surface area contributed by atoms with E-state index in [1.165, 1.54) is 5.56 Å². The van der Waals surface area contributed by atoms with Gasteiger partial charge in [-0.3, -0.25) is 0 Å². The van der Waals surface area contributed by atoms with Crippen LogP contribution in [0.3, 0.4) is 0 Å². The molecule has 0 aliphatic rings. The van der Waals surface area contributed by atoms with E-state index >= 15 is 0 Å². The maximum Gasteiger partial charge on any atom is 0.122 e. The summed E-state index contributed by atoms with van der Waals surface area (Å²) >= 11 is 0. The van der Waals surface area contributed by atoms with Gasteiger partial charge >= 0.3 is 0 Å². The summed E-state index contributed by atoms with van der Waals surface area (Å²) in [4.78, 5) is 0. The highest BCUT2D eigenvalue weighted by Gasteiger charge is 2.08. The fourth-order valence-electron chi connectivity index (χ4n) is 2.14. The predicted molar refractivity (Wildman–Crippen MR) is 81.1 cm³/mol. The molecule has 2 aromatic carbocycles. The molecular formula is C17H21NO2. The van der Waals surface area contributed by atoms with Gasteiger partial charge in [-0.15, -0.1) is 0 Å². The van der Waals surface area contributed by atoms with E-state index in [4.69, 9.17) is 4.74 Å². The first kappa shape index (κ1) is 14.4. The van der Waals surface area contributed by atoms with Gasteiger partial charge in [0.15, 0.2) is 0 Å². The number of methoxy groups -OCH3 is 1. The number of ether oxygens (including phenoxy) is 1. The smallest absolute Gasteiger partial charge is 0.122 e. The van der Waals surface area contributed by atoms with E-state index < -0.39 is 0 Å². The lowest BCUT2D eigenvalue weighted by molar-refractivity contribution is 0.414. The highest BCUT2D eigenvalue weighted by Crippen LogP contribution is 2.23. The van der Waals surface area contributed by atoms with Gasteiger partial charge in [-0.05, 0) is 37.1 Å². The summed E-state index contributed by atoms with van der Waals surface area (Å²) in [5.41, 5.74) is 3.02. The molecule has 1 atom stereocenters. The summed E-state index contributed by atoms with van der Waals surface area (Å²) in [6, 6.07) is 14.0. The van der Waals surface area contributed by atoms with Crippen LogP contribution in [0.2, 0.25) is 0 Å². The zero-order valence-electron chi connectivity index (χ0n) is 12.2. The Hall–Kier alpha value is -2.00. The van der Waals surface area contributed by atoms with Gasteiger partial charge in [-0.1, -0.05) is 30.3 Å². The fraction of sp³-hybridized carbons (Fsp3) is 0.294. The van der Waals surface area contributed by atoms with Gasteiger partial charge in [0, 0.05) is 18.2 Å². The van der Waals surface area contributed by atoms with Gasteiger partial charge < -0.3 is 15.2 Å². The first-order chi connectivity index (χ1) is 9.61. The van der Waals surface area contributed by atoms with Crippen molar-refractivity contribution in [3.63, 3.8) is 0 Å². The van der Waals surface area contributed by atoms with Gasteiger partial charge in [0.1, 0.15) is 11.5 Å². The molecule has 2 rings (SSSR count). The fourth-order valence-corrected chi connectivity index (χ4v) is 2.14. The van der Waals surface area contributed by atoms with Crippen LogP contribution in [0.4, 0.5) is 0 Å². The van der Waals surface area contributed by atoms with Crippen LogP contribution in [0.15, 0.2) is 42.5 Å². The van der Waals surface area contributed by atoms with Crippen LogP contribution in [-0.4, -0.2) is 12.2 Å². The topological polar surface area (TPSA) is 41.5 Å². The lowest BCUT2D eigenvalue weighted by atomic mass is 10.1. The molecule has 3 nitrogen and oxygen atoms in total. The number of nitrogens with one attached hydrogen (secondary N) is 1. The van der Waals surface area contributed by atoms with E-state index in [2.05, 4.69) is 12.2 Å². The Kier molecular flexibility index (Phi) is 4.64. The van der Waals surface area contributed by atoms with Crippen LogP contribution in [0.5, 0.6) is 11.5 Å². The zero-order chi connectivity index (χ0) is 14.5. The molecule has 0 aliphatic carbocycles. The van der Waals surface area contributed by atoms with Crippen molar-refractivity contribution in [2.24, 2.45) is 0 Å². The Morgan fingerprint density at radius 1 is 1.15 bits per heavy atom. The van der Waals surface area contributed by atoms with Crippen molar-refractivity contribution in [2.45, 2.75) is 26.4 Å². The maximum absolute atomic E-state index is 9.99. The SMILES string of the molecule is COc1ccc(C(C)NCc2cccc(C)c2O)cc1. The van der Waals surface area contributed by atoms with E-state index in [-0.39, 0.29) is 6.04 Å². The Labute approximate surface area is 120 Å². The van der Waals surface area contributed by atoms with Gasteiger partial charge in [-0.25, -0.2) is 0 Å². The average molecular weight is 271 g/mol. The normalized spacial score (nSPS) is 12.2. The van der Waals surface area contributed by atoms with E-state index in [0.29, 0.717) is 12.3 Å². The molecule has 20 heavy (non-hydrogen) atoms. The number of aromatic hydroxyl groups is 1. The quantitative estimate of drug-likeness (QED) is 0.873. The van der Waals surface area contributed by atoms with Crippen molar-refractivity contribution >= 4 is 0 Å². The Morgan fingerprint density at radius 3 is 2.50 bits per heavy atom. The number of phenols is 1. The minimum absolute atomic E-state index is 0.209. The lowest BCUT2D eigenvalue weighted by Gasteiger charge is -2.16. The van der Waals surface area contributed by atoms with E-state index in [1.54, 1.807) is 7.11 Å². The lowest BCUT2D eigenvalue weighted by Crippen LogP contribution is -2.18. The van der Waals surface area contributed by atoms with E-state index in [9.17, 15) is 5.11 Å². The molecule has 0 fully saturated rings. The minimum atomic E-state index is 0.209. The van der Waals surface area contributed by atoms with Crippen molar-refractivity contribution in [3.8, 4) is 11.5 Å². The zero-order valence-corrected chi connectivity index (χ0v) is 12.2. The van der Waals surface area contributed by atoms with Crippen LogP contribution in [0.1, 0.15) is 29.7 Å². The average Bonchev–Trinajstić information content (AvgIpc) is 2.48. The summed E-state index contributed by atoms with van der Waals surface area (Å²) in [6.07, 6.45) is 0. The molecule has 0 saturated heterocycles. The highest BCUT2D eigenvalue weighted by atomic mass is 16.5. The molecule has 0 spiro atoms. The Bertz CT molecular complexity index is 564. The summed E-state index contributed by atoms with van der Waals surface area (Å²) in [7, 11) is 1.66. The van der Waals surface area contributed by atoms with Gasteiger partial charge in [-0.2, -0.15) is 0 Å². The second kappa shape index (κ2) is 6.44. The number of hydrogen-bond acceptors (Lipinski definition) is 3. The van der Waals surface area contributed by atoms with Gasteiger partial charge in [0.2, 0.25) is 0 Å². The monoisotopic (exact) mass is 271 g/mol. The van der Waals surface area contributed by atoms with Crippen molar-refractivity contribution in [3.05, 3.63) is 59.2 Å². The van der Waals surface area contributed by atoms with E-state index in [0.717, 1.165) is 16.9 Å². The van der Waals surface area contributed by atoms with Crippen LogP contribution < -0.4 is 10.1 Å². The standard InChI is InChI=1S/C17H21NO2/c1-12-5-4-6-15(17(12)19)11-18-13(2)14-7-9-16(20-3)10-8-14/h4-10,13,18-19H,11H2,1-3H3. The van der Waals surface area contributed by atoms with Crippen LogP contribution in [-0.2, 0) is 6.54 Å². The van der Waals surface area contributed by atoms with Crippen molar-refractivity contribution in [1.29, 1.82) is 0 Å². The highest BCUT2D eigenvalue weighted by molar-refractivity contribution is 5.39. The molecule has 106 valence electrons. The number of para-hydroxylation sites is 1. The van der Waals surface area contributed by atoms with Crippen LogP contribution in [0.25, 0.3) is 0 Å². The maximum atomic E-state index is 9.99. The Balaban J connectivity index is 2.00. The van der Waals surface area contributed by atoms with Gasteiger partial charge in [0.05, 0.1) is 7.11 Å². The molecule has 0 amide bonds. The first-order valence-electron chi connectivity index (χ1n) is 6.76. The second-order valence-corrected chi connectivity index (χ2v) is 4.96. The molecule has 0 aromatic heterocycles. The number of aryl methyl sites for hydroxylation is 1. The summed E-state index contributed by atoms with van der Waals surface area (Å²) < 4.78 is 5.15. The number of benzene rings is 2. The summed E-state index contributed by atoms with van der Waals surface area (Å²) in [6.45, 7) is 4.65. The van der Waals surface area contributed by atoms with Crippen LogP contribution in [0, 0.1) is 6.92 Å². The van der Waals surface area contributed by atoms with Crippen molar-refractivity contribution in [1.82, 2.24) is 5.32 Å². The van der Waals surface area contributed by atoms with Crippen LogP contribution >= 0.6 is 0 Å². The molecule has 1 unspecified atom stereocenters. The van der Waals surface area contributed by atoms with Crippen molar-refractivity contribution < 1.29 is 9.84 Å². The predicted octanol–water partition coefficient (Wildman–Crippen LogP) is 3.56.